The van der Waals surface area contributed by atoms with Gasteiger partial charge in [0.1, 0.15) is 13.2 Å². The summed E-state index contributed by atoms with van der Waals surface area (Å²) in [5.74, 6) is 0.200. The van der Waals surface area contributed by atoms with Crippen molar-refractivity contribution in [1.29, 1.82) is 0 Å². The molecule has 1 aliphatic heterocycles. The molecule has 36 heavy (non-hydrogen) atoms. The van der Waals surface area contributed by atoms with Gasteiger partial charge in [-0.25, -0.2) is 9.78 Å². The van der Waals surface area contributed by atoms with Gasteiger partial charge in [0.05, 0.1) is 16.8 Å². The fourth-order valence-electron chi connectivity index (χ4n) is 4.44. The van der Waals surface area contributed by atoms with Crippen molar-refractivity contribution in [3.63, 3.8) is 0 Å². The van der Waals surface area contributed by atoms with E-state index in [1.807, 2.05) is 66.7 Å². The maximum Gasteiger partial charge on any atom is 0.339 e. The maximum atomic E-state index is 13.2. The predicted octanol–water partition coefficient (Wildman–Crippen LogP) is 5.87. The Morgan fingerprint density at radius 2 is 1.53 bits per heavy atom. The van der Waals surface area contributed by atoms with Crippen molar-refractivity contribution in [2.24, 2.45) is 0 Å². The van der Waals surface area contributed by atoms with Crippen LogP contribution in [0.3, 0.4) is 0 Å². The van der Waals surface area contributed by atoms with Gasteiger partial charge in [-0.2, -0.15) is 0 Å². The van der Waals surface area contributed by atoms with E-state index in [0.29, 0.717) is 52.4 Å². The highest BCUT2D eigenvalue weighted by atomic mass is 16.6. The fraction of sp³-hybridized carbons (Fsp3) is 0.100. The van der Waals surface area contributed by atoms with E-state index in [0.717, 1.165) is 16.3 Å². The SMILES string of the molecule is O=C(COC(=O)c1cc(-c2cccc3ccccc23)nc2ccccc12)c1ccc2c(c1)OCCO2. The number of nitrogens with zero attached hydrogens (tertiary/aromatic N) is 1. The Bertz CT molecular complexity index is 1640. The molecule has 0 radical (unpaired) electrons. The number of carbonyl (C=O) groups is 2. The first kappa shape index (κ1) is 21.8. The van der Waals surface area contributed by atoms with Crippen LogP contribution in [0.5, 0.6) is 11.5 Å². The molecule has 0 spiro atoms. The molecule has 4 aromatic carbocycles. The number of pyridine rings is 1. The average Bonchev–Trinajstić information content (AvgIpc) is 2.94. The van der Waals surface area contributed by atoms with Gasteiger partial charge in [-0.15, -0.1) is 0 Å². The second-order valence-electron chi connectivity index (χ2n) is 8.46. The number of carbonyl (C=O) groups excluding carboxylic acids is 2. The van der Waals surface area contributed by atoms with Crippen molar-refractivity contribution < 1.29 is 23.8 Å². The van der Waals surface area contributed by atoms with Gasteiger partial charge in [0.2, 0.25) is 0 Å². The number of benzene rings is 4. The molecule has 176 valence electrons. The standard InChI is InChI=1S/C30H21NO5/c32-27(20-12-13-28-29(16-20)35-15-14-34-28)18-36-30(33)24-17-26(31-25-11-4-3-9-23(24)25)22-10-5-7-19-6-1-2-8-21(19)22/h1-13,16-17H,14-15,18H2. The quantitative estimate of drug-likeness (QED) is 0.234. The third kappa shape index (κ3) is 4.03. The zero-order valence-electron chi connectivity index (χ0n) is 19.3. The first-order chi connectivity index (χ1) is 17.7. The normalized spacial score (nSPS) is 12.4. The van der Waals surface area contributed by atoms with E-state index < -0.39 is 12.6 Å². The van der Waals surface area contributed by atoms with Gasteiger partial charge < -0.3 is 14.2 Å². The van der Waals surface area contributed by atoms with Crippen molar-refractivity contribution in [2.75, 3.05) is 19.8 Å². The number of ether oxygens (including phenoxy) is 3. The van der Waals surface area contributed by atoms with Crippen molar-refractivity contribution in [3.8, 4) is 22.8 Å². The second-order valence-corrected chi connectivity index (χ2v) is 8.46. The largest absolute Gasteiger partial charge is 0.486 e. The number of esters is 1. The Hall–Kier alpha value is -4.71. The van der Waals surface area contributed by atoms with Gasteiger partial charge in [0.15, 0.2) is 23.9 Å². The van der Waals surface area contributed by atoms with Crippen LogP contribution >= 0.6 is 0 Å². The molecule has 0 atom stereocenters. The molecule has 0 aliphatic carbocycles. The number of rotatable bonds is 5. The van der Waals surface area contributed by atoms with E-state index in [9.17, 15) is 9.59 Å². The van der Waals surface area contributed by atoms with Gasteiger partial charge >= 0.3 is 5.97 Å². The van der Waals surface area contributed by atoms with Crippen molar-refractivity contribution in [3.05, 3.63) is 102 Å². The Morgan fingerprint density at radius 1 is 0.778 bits per heavy atom. The number of Topliss-reactive ketones (excluding diaryl/α,β-unsaturated/α-hetero) is 1. The molecule has 0 unspecified atom stereocenters. The molecular weight excluding hydrogens is 454 g/mol. The molecule has 0 bridgehead atoms. The third-order valence-electron chi connectivity index (χ3n) is 6.20. The zero-order valence-corrected chi connectivity index (χ0v) is 19.3. The number of hydrogen-bond acceptors (Lipinski definition) is 6. The molecule has 6 heteroatoms. The summed E-state index contributed by atoms with van der Waals surface area (Å²) in [5, 5.41) is 2.79. The zero-order chi connectivity index (χ0) is 24.5. The van der Waals surface area contributed by atoms with Gasteiger partial charge in [0, 0.05) is 16.5 Å². The molecule has 6 rings (SSSR count). The average molecular weight is 476 g/mol. The van der Waals surface area contributed by atoms with Gasteiger partial charge in [-0.1, -0.05) is 60.7 Å². The topological polar surface area (TPSA) is 74.7 Å². The Morgan fingerprint density at radius 3 is 2.42 bits per heavy atom. The molecule has 0 N–H and O–H groups in total. The molecule has 1 aromatic heterocycles. The molecule has 1 aliphatic rings. The number of ketones is 1. The first-order valence-corrected chi connectivity index (χ1v) is 11.7. The van der Waals surface area contributed by atoms with Gasteiger partial charge in [0.25, 0.3) is 0 Å². The maximum absolute atomic E-state index is 13.2. The van der Waals surface area contributed by atoms with E-state index in [1.165, 1.54) is 0 Å². The first-order valence-electron chi connectivity index (χ1n) is 11.7. The van der Waals surface area contributed by atoms with E-state index in [1.54, 1.807) is 24.3 Å². The minimum Gasteiger partial charge on any atom is -0.486 e. The highest BCUT2D eigenvalue weighted by Gasteiger charge is 2.19. The van der Waals surface area contributed by atoms with Crippen molar-refractivity contribution in [1.82, 2.24) is 4.98 Å². The van der Waals surface area contributed by atoms with Crippen molar-refractivity contribution >= 4 is 33.4 Å². The lowest BCUT2D eigenvalue weighted by molar-refractivity contribution is 0.0476. The van der Waals surface area contributed by atoms with E-state index >= 15 is 0 Å². The summed E-state index contributed by atoms with van der Waals surface area (Å²) in [5.41, 5.74) is 3.01. The lowest BCUT2D eigenvalue weighted by Gasteiger charge is -2.18. The molecule has 5 aromatic rings. The van der Waals surface area contributed by atoms with Crippen LogP contribution in [0.2, 0.25) is 0 Å². The Kier molecular flexibility index (Phi) is 5.54. The van der Waals surface area contributed by atoms with E-state index in [4.69, 9.17) is 19.2 Å². The van der Waals surface area contributed by atoms with Crippen LogP contribution in [0.4, 0.5) is 0 Å². The number of para-hydroxylation sites is 1. The van der Waals surface area contributed by atoms with Crippen molar-refractivity contribution in [2.45, 2.75) is 0 Å². The third-order valence-corrected chi connectivity index (χ3v) is 6.20. The van der Waals surface area contributed by atoms with Crippen LogP contribution in [0, 0.1) is 0 Å². The summed E-state index contributed by atoms with van der Waals surface area (Å²) in [7, 11) is 0. The smallest absolute Gasteiger partial charge is 0.339 e. The summed E-state index contributed by atoms with van der Waals surface area (Å²) in [6.45, 7) is 0.505. The van der Waals surface area contributed by atoms with Crippen LogP contribution in [0.1, 0.15) is 20.7 Å². The van der Waals surface area contributed by atoms with E-state index in [-0.39, 0.29) is 5.78 Å². The summed E-state index contributed by atoms with van der Waals surface area (Å²) in [6.07, 6.45) is 0. The van der Waals surface area contributed by atoms with Crippen LogP contribution in [-0.4, -0.2) is 36.6 Å². The number of fused-ring (bicyclic) bond motifs is 3. The molecule has 0 amide bonds. The van der Waals surface area contributed by atoms with Crippen LogP contribution in [0.15, 0.2) is 91.0 Å². The number of aromatic nitrogens is 1. The minimum atomic E-state index is -0.582. The molecular formula is C30H21NO5. The molecule has 2 heterocycles. The fourth-order valence-corrected chi connectivity index (χ4v) is 4.44. The van der Waals surface area contributed by atoms with Crippen LogP contribution < -0.4 is 9.47 Å². The molecule has 0 fully saturated rings. The lowest BCUT2D eigenvalue weighted by atomic mass is 9.99. The van der Waals surface area contributed by atoms with Crippen LogP contribution in [-0.2, 0) is 4.74 Å². The van der Waals surface area contributed by atoms with E-state index in [2.05, 4.69) is 0 Å². The lowest BCUT2D eigenvalue weighted by Crippen LogP contribution is -2.17. The molecule has 0 saturated carbocycles. The summed E-state index contributed by atoms with van der Waals surface area (Å²) in [4.78, 5) is 30.8. The highest BCUT2D eigenvalue weighted by Crippen LogP contribution is 2.32. The Labute approximate surface area is 207 Å². The highest BCUT2D eigenvalue weighted by molar-refractivity contribution is 6.07. The summed E-state index contributed by atoms with van der Waals surface area (Å²) >= 11 is 0. The minimum absolute atomic E-state index is 0.326. The van der Waals surface area contributed by atoms with Gasteiger partial charge in [-0.3, -0.25) is 4.79 Å². The predicted molar refractivity (Wildman–Crippen MR) is 137 cm³/mol. The molecule has 6 nitrogen and oxygen atoms in total. The molecule has 0 saturated heterocycles. The monoisotopic (exact) mass is 475 g/mol. The second kappa shape index (κ2) is 9.15. The number of hydrogen-bond donors (Lipinski definition) is 0. The summed E-state index contributed by atoms with van der Waals surface area (Å²) in [6, 6.07) is 28.1. The Balaban J connectivity index is 1.31. The van der Waals surface area contributed by atoms with Crippen LogP contribution in [0.25, 0.3) is 32.9 Å². The summed E-state index contributed by atoms with van der Waals surface area (Å²) < 4.78 is 16.5. The van der Waals surface area contributed by atoms with Gasteiger partial charge in [-0.05, 0) is 41.1 Å².